The molecule has 1 aliphatic rings. The molecule has 8 heteroatoms. The predicted octanol–water partition coefficient (Wildman–Crippen LogP) is 5.49. The third-order valence-electron chi connectivity index (χ3n) is 7.06. The zero-order valence-corrected chi connectivity index (χ0v) is 23.1. The van der Waals surface area contributed by atoms with Gasteiger partial charge in [-0.05, 0) is 80.1 Å². The smallest absolute Gasteiger partial charge is 0.250 e. The summed E-state index contributed by atoms with van der Waals surface area (Å²) in [4.78, 5) is 20.3. The van der Waals surface area contributed by atoms with Gasteiger partial charge in [-0.15, -0.1) is 0 Å². The van der Waals surface area contributed by atoms with Gasteiger partial charge in [0.05, 0.1) is 24.9 Å². The van der Waals surface area contributed by atoms with Crippen LogP contribution in [0.2, 0.25) is 0 Å². The SMILES string of the molecule is CCOc1cc([C@@H](Nc2ccc3c(N)nccc3c2)C(=O)N2C[C@H](O)C[C@@H]2c2ccccc2)ccc1OC(C)C. The second-order valence-electron chi connectivity index (χ2n) is 10.3. The molecule has 5 rings (SSSR count). The summed E-state index contributed by atoms with van der Waals surface area (Å²) in [5.74, 6) is 1.52. The Kier molecular flexibility index (Phi) is 8.07. The number of aromatic nitrogens is 1. The lowest BCUT2D eigenvalue weighted by molar-refractivity contribution is -0.133. The Bertz CT molecular complexity index is 1480. The largest absolute Gasteiger partial charge is 0.490 e. The summed E-state index contributed by atoms with van der Waals surface area (Å²) in [5.41, 5.74) is 8.55. The van der Waals surface area contributed by atoms with Crippen molar-refractivity contribution >= 4 is 28.2 Å². The molecule has 1 amide bonds. The molecule has 0 aliphatic carbocycles. The highest BCUT2D eigenvalue weighted by atomic mass is 16.5. The average Bonchev–Trinajstić information content (AvgIpc) is 3.34. The standard InChI is InChI=1S/C32H36N4O4/c1-4-39-29-17-23(10-13-28(29)40-20(2)3)30(35-24-11-12-26-22(16-24)14-15-34-31(26)33)32(38)36-19-25(37)18-27(36)21-8-6-5-7-9-21/h5-17,20,25,27,30,35,37H,4,18-19H2,1-3H3,(H2,33,34)/t25-,27-,30-/m1/s1. The van der Waals surface area contributed by atoms with Crippen LogP contribution in [-0.2, 0) is 4.79 Å². The number of nitrogens with one attached hydrogen (secondary N) is 1. The highest BCUT2D eigenvalue weighted by Gasteiger charge is 2.39. The van der Waals surface area contributed by atoms with Crippen molar-refractivity contribution in [2.24, 2.45) is 0 Å². The quantitative estimate of drug-likeness (QED) is 0.257. The third-order valence-corrected chi connectivity index (χ3v) is 7.06. The van der Waals surface area contributed by atoms with Crippen LogP contribution in [0, 0.1) is 0 Å². The summed E-state index contributed by atoms with van der Waals surface area (Å²) in [6.45, 7) is 6.55. The van der Waals surface area contributed by atoms with Gasteiger partial charge in [0.2, 0.25) is 5.91 Å². The molecule has 8 nitrogen and oxygen atoms in total. The first-order valence-corrected chi connectivity index (χ1v) is 13.7. The van der Waals surface area contributed by atoms with Crippen molar-refractivity contribution in [2.75, 3.05) is 24.2 Å². The number of nitrogens with two attached hydrogens (primary N) is 1. The van der Waals surface area contributed by atoms with Crippen molar-refractivity contribution in [3.8, 4) is 11.5 Å². The molecule has 3 aromatic carbocycles. The highest BCUT2D eigenvalue weighted by Crippen LogP contribution is 2.38. The number of aliphatic hydroxyl groups is 1. The number of nitrogens with zero attached hydrogens (tertiary/aromatic N) is 2. The summed E-state index contributed by atoms with van der Waals surface area (Å²) >= 11 is 0. The normalized spacial score (nSPS) is 17.7. The van der Waals surface area contributed by atoms with Crippen molar-refractivity contribution in [1.29, 1.82) is 0 Å². The highest BCUT2D eigenvalue weighted by molar-refractivity contribution is 5.94. The Labute approximate surface area is 234 Å². The van der Waals surface area contributed by atoms with Gasteiger partial charge < -0.3 is 30.5 Å². The van der Waals surface area contributed by atoms with Gasteiger partial charge in [0.15, 0.2) is 11.5 Å². The zero-order valence-electron chi connectivity index (χ0n) is 23.1. The molecular formula is C32H36N4O4. The average molecular weight is 541 g/mol. The molecule has 1 saturated heterocycles. The summed E-state index contributed by atoms with van der Waals surface area (Å²) in [5, 5.41) is 15.9. The molecule has 0 saturated carbocycles. The van der Waals surface area contributed by atoms with Crippen molar-refractivity contribution in [1.82, 2.24) is 9.88 Å². The van der Waals surface area contributed by atoms with Gasteiger partial charge in [-0.25, -0.2) is 4.98 Å². The number of carbonyl (C=O) groups is 1. The first kappa shape index (κ1) is 27.3. The fourth-order valence-corrected chi connectivity index (χ4v) is 5.28. The van der Waals surface area contributed by atoms with Crippen LogP contribution < -0.4 is 20.5 Å². The first-order valence-electron chi connectivity index (χ1n) is 13.7. The van der Waals surface area contributed by atoms with E-state index in [0.29, 0.717) is 30.3 Å². The second-order valence-corrected chi connectivity index (χ2v) is 10.3. The number of rotatable bonds is 9. The van der Waals surface area contributed by atoms with Crippen LogP contribution in [0.15, 0.2) is 79.0 Å². The number of ether oxygens (including phenoxy) is 2. The van der Waals surface area contributed by atoms with E-state index in [0.717, 1.165) is 27.6 Å². The Morgan fingerprint density at radius 3 is 2.65 bits per heavy atom. The van der Waals surface area contributed by atoms with E-state index in [4.69, 9.17) is 15.2 Å². The molecule has 3 atom stereocenters. The third kappa shape index (κ3) is 5.82. The van der Waals surface area contributed by atoms with Crippen LogP contribution in [0.5, 0.6) is 11.5 Å². The van der Waals surface area contributed by atoms with Crippen LogP contribution in [0.4, 0.5) is 11.5 Å². The molecule has 40 heavy (non-hydrogen) atoms. The summed E-state index contributed by atoms with van der Waals surface area (Å²) in [6.07, 6.45) is 1.52. The Hall–Kier alpha value is -4.30. The summed E-state index contributed by atoms with van der Waals surface area (Å²) in [7, 11) is 0. The topological polar surface area (TPSA) is 110 Å². The van der Waals surface area contributed by atoms with Crippen LogP contribution in [0.1, 0.15) is 50.4 Å². The molecule has 0 unspecified atom stereocenters. The summed E-state index contributed by atoms with van der Waals surface area (Å²) < 4.78 is 11.9. The van der Waals surface area contributed by atoms with Gasteiger partial charge in [-0.2, -0.15) is 0 Å². The minimum absolute atomic E-state index is 0.0298. The lowest BCUT2D eigenvalue weighted by Gasteiger charge is -2.30. The second kappa shape index (κ2) is 11.8. The van der Waals surface area contributed by atoms with Crippen LogP contribution in [-0.4, -0.2) is 46.3 Å². The monoisotopic (exact) mass is 540 g/mol. The van der Waals surface area contributed by atoms with Crippen molar-refractivity contribution in [2.45, 2.75) is 51.5 Å². The predicted molar refractivity (Wildman–Crippen MR) is 157 cm³/mol. The molecule has 2 heterocycles. The maximum atomic E-state index is 14.4. The number of hydrogen-bond donors (Lipinski definition) is 3. The van der Waals surface area contributed by atoms with Gasteiger partial charge >= 0.3 is 0 Å². The molecule has 0 bridgehead atoms. The van der Waals surface area contributed by atoms with Crippen LogP contribution in [0.3, 0.4) is 0 Å². The molecule has 1 aromatic heterocycles. The number of nitrogen functional groups attached to an aromatic ring is 1. The first-order chi connectivity index (χ1) is 19.3. The number of carbonyl (C=O) groups excluding carboxylic acids is 1. The number of pyridine rings is 1. The number of likely N-dealkylation sites (tertiary alicyclic amines) is 1. The minimum Gasteiger partial charge on any atom is -0.490 e. The number of fused-ring (bicyclic) bond motifs is 1. The molecule has 0 spiro atoms. The molecule has 1 aliphatic heterocycles. The number of aliphatic hydroxyl groups excluding tert-OH is 1. The van der Waals surface area contributed by atoms with Crippen molar-refractivity contribution in [3.05, 3.63) is 90.1 Å². The molecule has 1 fully saturated rings. The number of anilines is 2. The van der Waals surface area contributed by atoms with Crippen LogP contribution >= 0.6 is 0 Å². The number of amides is 1. The summed E-state index contributed by atoms with van der Waals surface area (Å²) in [6, 6.07) is 22.1. The molecule has 208 valence electrons. The van der Waals surface area contributed by atoms with E-state index in [1.54, 1.807) is 11.1 Å². The molecular weight excluding hydrogens is 504 g/mol. The van der Waals surface area contributed by atoms with E-state index in [9.17, 15) is 9.90 Å². The fraction of sp³-hybridized carbons (Fsp3) is 0.312. The van der Waals surface area contributed by atoms with Crippen molar-refractivity contribution < 1.29 is 19.4 Å². The fourth-order valence-electron chi connectivity index (χ4n) is 5.28. The van der Waals surface area contributed by atoms with E-state index in [1.165, 1.54) is 0 Å². The van der Waals surface area contributed by atoms with E-state index in [-0.39, 0.29) is 24.6 Å². The maximum Gasteiger partial charge on any atom is 0.250 e. The van der Waals surface area contributed by atoms with Crippen molar-refractivity contribution in [3.63, 3.8) is 0 Å². The van der Waals surface area contributed by atoms with E-state index >= 15 is 0 Å². The zero-order chi connectivity index (χ0) is 28.2. The van der Waals surface area contributed by atoms with Crippen LogP contribution in [0.25, 0.3) is 10.8 Å². The Morgan fingerprint density at radius 2 is 1.90 bits per heavy atom. The Morgan fingerprint density at radius 1 is 1.10 bits per heavy atom. The van der Waals surface area contributed by atoms with Gasteiger partial charge in [-0.3, -0.25) is 4.79 Å². The molecule has 4 aromatic rings. The Balaban J connectivity index is 1.55. The van der Waals surface area contributed by atoms with E-state index < -0.39 is 12.1 Å². The number of β-amino-alcohol motifs (C(OH)–C–C–N with tert-alkyl or cyclic N) is 1. The lowest BCUT2D eigenvalue weighted by Crippen LogP contribution is -2.38. The van der Waals surface area contributed by atoms with E-state index in [2.05, 4.69) is 10.3 Å². The molecule has 0 radical (unpaired) electrons. The maximum absolute atomic E-state index is 14.4. The number of hydrogen-bond acceptors (Lipinski definition) is 7. The minimum atomic E-state index is -0.750. The molecule has 4 N–H and O–H groups in total. The van der Waals surface area contributed by atoms with Gasteiger partial charge in [0.25, 0.3) is 0 Å². The number of benzene rings is 3. The lowest BCUT2D eigenvalue weighted by atomic mass is 10.0. The van der Waals surface area contributed by atoms with Gasteiger partial charge in [0.1, 0.15) is 11.9 Å². The van der Waals surface area contributed by atoms with Gasteiger partial charge in [0, 0.05) is 23.8 Å². The van der Waals surface area contributed by atoms with E-state index in [1.807, 2.05) is 93.6 Å². The van der Waals surface area contributed by atoms with Gasteiger partial charge in [-0.1, -0.05) is 36.4 Å².